The lowest BCUT2D eigenvalue weighted by atomic mass is 10.2. The van der Waals surface area contributed by atoms with Crippen molar-refractivity contribution in [2.24, 2.45) is 5.10 Å². The number of carbonyl (C=O) groups excluding carboxylic acids is 1. The lowest BCUT2D eigenvalue weighted by Crippen LogP contribution is -2.36. The van der Waals surface area contributed by atoms with Crippen molar-refractivity contribution in [1.29, 1.82) is 0 Å². The fraction of sp³-hybridized carbons (Fsp3) is 0.158. The van der Waals surface area contributed by atoms with Crippen molar-refractivity contribution in [1.82, 2.24) is 10.4 Å². The molecule has 3 rings (SSSR count). The number of aromatic nitrogens is 1. The number of hydrazone groups is 1. The number of halogens is 1. The van der Waals surface area contributed by atoms with Crippen LogP contribution in [0.25, 0.3) is 10.9 Å². The van der Waals surface area contributed by atoms with E-state index in [9.17, 15) is 4.79 Å². The van der Waals surface area contributed by atoms with E-state index < -0.39 is 0 Å². The molecule has 25 heavy (non-hydrogen) atoms. The normalized spacial score (nSPS) is 12.4. The summed E-state index contributed by atoms with van der Waals surface area (Å²) in [5.74, 6) is -0.165. The van der Waals surface area contributed by atoms with Crippen molar-refractivity contribution in [3.05, 3.63) is 64.8 Å². The zero-order valence-electron chi connectivity index (χ0n) is 13.8. The molecule has 0 fully saturated rings. The summed E-state index contributed by atoms with van der Waals surface area (Å²) in [6.45, 7) is 1.96. The molecule has 1 heterocycles. The molecule has 5 nitrogen and oxygen atoms in total. The van der Waals surface area contributed by atoms with E-state index in [4.69, 9.17) is 0 Å². The third-order valence-electron chi connectivity index (χ3n) is 3.91. The van der Waals surface area contributed by atoms with E-state index in [0.29, 0.717) is 6.42 Å². The average molecular weight is 399 g/mol. The van der Waals surface area contributed by atoms with E-state index in [1.165, 1.54) is 0 Å². The number of amides is 1. The predicted octanol–water partition coefficient (Wildman–Crippen LogP) is 4.27. The SMILES string of the molecule is CCC(Nc1ccc(Br)cc1)C(=O)NN=Cc1c[nH]c2ccccc12. The summed E-state index contributed by atoms with van der Waals surface area (Å²) >= 11 is 3.40. The molecule has 0 aliphatic heterocycles. The van der Waals surface area contributed by atoms with Crippen molar-refractivity contribution < 1.29 is 4.79 Å². The van der Waals surface area contributed by atoms with Gasteiger partial charge in [0.2, 0.25) is 0 Å². The summed E-state index contributed by atoms with van der Waals surface area (Å²) in [6.07, 6.45) is 4.19. The molecule has 3 N–H and O–H groups in total. The fourth-order valence-corrected chi connectivity index (χ4v) is 2.81. The highest BCUT2D eigenvalue weighted by Crippen LogP contribution is 2.16. The van der Waals surface area contributed by atoms with Crippen molar-refractivity contribution in [2.75, 3.05) is 5.32 Å². The molecule has 1 amide bonds. The van der Waals surface area contributed by atoms with Crippen LogP contribution in [0.4, 0.5) is 5.69 Å². The molecule has 0 saturated carbocycles. The molecule has 2 aromatic carbocycles. The maximum absolute atomic E-state index is 12.3. The highest BCUT2D eigenvalue weighted by atomic mass is 79.9. The standard InChI is InChI=1S/C19H19BrN4O/c1-2-17(23-15-9-7-14(20)8-10-15)19(25)24-22-12-13-11-21-18-6-4-3-5-16(13)18/h3-12,17,21,23H,2H2,1H3,(H,24,25). The smallest absolute Gasteiger partial charge is 0.262 e. The van der Waals surface area contributed by atoms with Gasteiger partial charge in [-0.3, -0.25) is 4.79 Å². The second-order valence-electron chi connectivity index (χ2n) is 5.64. The summed E-state index contributed by atoms with van der Waals surface area (Å²) < 4.78 is 0.999. The minimum absolute atomic E-state index is 0.165. The Balaban J connectivity index is 1.62. The van der Waals surface area contributed by atoms with Gasteiger partial charge in [0.25, 0.3) is 5.91 Å². The van der Waals surface area contributed by atoms with E-state index in [2.05, 4.69) is 36.8 Å². The lowest BCUT2D eigenvalue weighted by Gasteiger charge is -2.16. The average Bonchev–Trinajstić information content (AvgIpc) is 3.04. The van der Waals surface area contributed by atoms with Crippen LogP contribution in [0, 0.1) is 0 Å². The first kappa shape index (κ1) is 17.2. The number of benzene rings is 2. The Morgan fingerprint density at radius 1 is 1.24 bits per heavy atom. The Hall–Kier alpha value is -2.60. The van der Waals surface area contributed by atoms with Gasteiger partial charge in [-0.1, -0.05) is 41.1 Å². The minimum Gasteiger partial charge on any atom is -0.374 e. The van der Waals surface area contributed by atoms with Gasteiger partial charge in [0.1, 0.15) is 6.04 Å². The highest BCUT2D eigenvalue weighted by Gasteiger charge is 2.15. The van der Waals surface area contributed by atoms with Gasteiger partial charge in [0.05, 0.1) is 6.21 Å². The zero-order valence-corrected chi connectivity index (χ0v) is 15.4. The van der Waals surface area contributed by atoms with Gasteiger partial charge >= 0.3 is 0 Å². The first-order valence-corrected chi connectivity index (χ1v) is 8.88. The van der Waals surface area contributed by atoms with E-state index in [1.807, 2.05) is 61.7 Å². The number of hydrogen-bond acceptors (Lipinski definition) is 3. The molecule has 3 aromatic rings. The molecular formula is C19H19BrN4O. The van der Waals surface area contributed by atoms with Gasteiger partial charge in [0, 0.05) is 32.8 Å². The Kier molecular flexibility index (Phi) is 5.50. The van der Waals surface area contributed by atoms with E-state index >= 15 is 0 Å². The van der Waals surface area contributed by atoms with Crippen LogP contribution in [0.3, 0.4) is 0 Å². The van der Waals surface area contributed by atoms with Gasteiger partial charge in [-0.25, -0.2) is 5.43 Å². The molecule has 1 atom stereocenters. The summed E-state index contributed by atoms with van der Waals surface area (Å²) in [4.78, 5) is 15.5. The number of H-pyrrole nitrogens is 1. The predicted molar refractivity (Wildman–Crippen MR) is 106 cm³/mol. The third-order valence-corrected chi connectivity index (χ3v) is 4.44. The molecule has 0 radical (unpaired) electrons. The van der Waals surface area contributed by atoms with Crippen molar-refractivity contribution >= 4 is 44.6 Å². The maximum Gasteiger partial charge on any atom is 0.262 e. The Labute approximate surface area is 154 Å². The first-order chi connectivity index (χ1) is 12.2. The number of nitrogens with one attached hydrogen (secondary N) is 3. The second-order valence-corrected chi connectivity index (χ2v) is 6.55. The molecule has 0 aliphatic carbocycles. The van der Waals surface area contributed by atoms with Crippen LogP contribution >= 0.6 is 15.9 Å². The molecular weight excluding hydrogens is 380 g/mol. The van der Waals surface area contributed by atoms with Crippen LogP contribution in [-0.4, -0.2) is 23.1 Å². The number of carbonyl (C=O) groups is 1. The third kappa shape index (κ3) is 4.28. The molecule has 0 aliphatic rings. The minimum atomic E-state index is -0.346. The largest absolute Gasteiger partial charge is 0.374 e. The van der Waals surface area contributed by atoms with Crippen molar-refractivity contribution in [2.45, 2.75) is 19.4 Å². The molecule has 128 valence electrons. The number of fused-ring (bicyclic) bond motifs is 1. The van der Waals surface area contributed by atoms with Gasteiger partial charge in [-0.05, 0) is 36.8 Å². The number of aromatic amines is 1. The zero-order chi connectivity index (χ0) is 17.6. The number of nitrogens with zero attached hydrogens (tertiary/aromatic N) is 1. The lowest BCUT2D eigenvalue weighted by molar-refractivity contribution is -0.121. The fourth-order valence-electron chi connectivity index (χ4n) is 2.54. The Bertz CT molecular complexity index is 886. The molecule has 0 saturated heterocycles. The highest BCUT2D eigenvalue weighted by molar-refractivity contribution is 9.10. The van der Waals surface area contributed by atoms with Gasteiger partial charge < -0.3 is 10.3 Å². The molecule has 0 bridgehead atoms. The molecule has 1 unspecified atom stereocenters. The molecule has 1 aromatic heterocycles. The van der Waals surface area contributed by atoms with Crippen molar-refractivity contribution in [3.63, 3.8) is 0 Å². The van der Waals surface area contributed by atoms with Gasteiger partial charge in [0.15, 0.2) is 0 Å². The van der Waals surface area contributed by atoms with Gasteiger partial charge in [-0.2, -0.15) is 5.10 Å². The number of para-hydroxylation sites is 1. The van der Waals surface area contributed by atoms with Crippen LogP contribution < -0.4 is 10.7 Å². The van der Waals surface area contributed by atoms with Crippen LogP contribution in [0.15, 0.2) is 64.3 Å². The quantitative estimate of drug-likeness (QED) is 0.428. The Morgan fingerprint density at radius 3 is 2.76 bits per heavy atom. The van der Waals surface area contributed by atoms with E-state index in [0.717, 1.165) is 26.6 Å². The Morgan fingerprint density at radius 2 is 2.00 bits per heavy atom. The molecule has 6 heteroatoms. The van der Waals surface area contributed by atoms with Crippen LogP contribution in [0.2, 0.25) is 0 Å². The number of hydrogen-bond donors (Lipinski definition) is 3. The first-order valence-electron chi connectivity index (χ1n) is 8.08. The van der Waals surface area contributed by atoms with Crippen LogP contribution in [0.1, 0.15) is 18.9 Å². The summed E-state index contributed by atoms with van der Waals surface area (Å²) in [6, 6.07) is 15.3. The number of anilines is 1. The number of rotatable bonds is 6. The maximum atomic E-state index is 12.3. The summed E-state index contributed by atoms with van der Waals surface area (Å²) in [5.41, 5.74) is 5.48. The van der Waals surface area contributed by atoms with E-state index in [1.54, 1.807) is 6.21 Å². The van der Waals surface area contributed by atoms with E-state index in [-0.39, 0.29) is 11.9 Å². The summed E-state index contributed by atoms with van der Waals surface area (Å²) in [7, 11) is 0. The van der Waals surface area contributed by atoms with Crippen LogP contribution in [-0.2, 0) is 4.79 Å². The van der Waals surface area contributed by atoms with Crippen molar-refractivity contribution in [3.8, 4) is 0 Å². The summed E-state index contributed by atoms with van der Waals surface area (Å²) in [5, 5.41) is 8.38. The molecule has 0 spiro atoms. The monoisotopic (exact) mass is 398 g/mol. The van der Waals surface area contributed by atoms with Crippen LogP contribution in [0.5, 0.6) is 0 Å². The second kappa shape index (κ2) is 7.98. The van der Waals surface area contributed by atoms with Gasteiger partial charge in [-0.15, -0.1) is 0 Å². The topological polar surface area (TPSA) is 69.3 Å².